The van der Waals surface area contributed by atoms with Crippen LogP contribution in [0.5, 0.6) is 0 Å². The Labute approximate surface area is 128 Å². The Morgan fingerprint density at radius 2 is 1.91 bits per heavy atom. The summed E-state index contributed by atoms with van der Waals surface area (Å²) in [6.07, 6.45) is 3.68. The number of amides is 1. The van der Waals surface area contributed by atoms with Crippen molar-refractivity contribution in [2.75, 3.05) is 13.1 Å². The van der Waals surface area contributed by atoms with Crippen LogP contribution in [0.3, 0.4) is 0 Å². The molecule has 1 aliphatic carbocycles. The summed E-state index contributed by atoms with van der Waals surface area (Å²) in [6, 6.07) is 2.44. The zero-order chi connectivity index (χ0) is 15.7. The largest absolute Gasteiger partial charge is 0.348 e. The van der Waals surface area contributed by atoms with Crippen LogP contribution in [-0.2, 0) is 10.0 Å². The first-order valence-corrected chi connectivity index (χ1v) is 8.88. The molecule has 0 atom stereocenters. The second-order valence-electron chi connectivity index (χ2n) is 5.75. The van der Waals surface area contributed by atoms with E-state index < -0.39 is 15.8 Å². The van der Waals surface area contributed by atoms with Gasteiger partial charge in [0.25, 0.3) is 5.91 Å². The summed E-state index contributed by atoms with van der Waals surface area (Å²) in [5, 5.41) is 2.63. The van der Waals surface area contributed by atoms with E-state index in [0.717, 1.165) is 19.0 Å². The van der Waals surface area contributed by atoms with Crippen LogP contribution in [0.25, 0.3) is 0 Å². The van der Waals surface area contributed by atoms with Crippen molar-refractivity contribution in [1.82, 2.24) is 14.6 Å². The van der Waals surface area contributed by atoms with Gasteiger partial charge in [-0.1, -0.05) is 0 Å². The van der Waals surface area contributed by atoms with Crippen LogP contribution in [-0.4, -0.2) is 48.0 Å². The summed E-state index contributed by atoms with van der Waals surface area (Å²) >= 11 is 0. The number of nitrogens with one attached hydrogen (secondary N) is 1. The maximum atomic E-state index is 12.8. The van der Waals surface area contributed by atoms with E-state index in [1.54, 1.807) is 0 Å². The number of sulfonamides is 1. The van der Waals surface area contributed by atoms with Crippen molar-refractivity contribution in [1.29, 1.82) is 0 Å². The van der Waals surface area contributed by atoms with Gasteiger partial charge in [0.1, 0.15) is 11.5 Å². The molecule has 0 spiro atoms. The lowest BCUT2D eigenvalue weighted by Gasteiger charge is -2.31. The first-order chi connectivity index (χ1) is 10.5. The van der Waals surface area contributed by atoms with Gasteiger partial charge in [0, 0.05) is 19.1 Å². The molecule has 1 aromatic heterocycles. The van der Waals surface area contributed by atoms with Crippen LogP contribution < -0.4 is 5.32 Å². The Bertz CT molecular complexity index is 650. The Morgan fingerprint density at radius 3 is 2.45 bits per heavy atom. The number of aromatic nitrogens is 1. The van der Waals surface area contributed by atoms with Gasteiger partial charge in [-0.05, 0) is 37.8 Å². The first kappa shape index (κ1) is 15.4. The lowest BCUT2D eigenvalue weighted by atomic mass is 10.1. The molecular weight excluding hydrogens is 309 g/mol. The topological polar surface area (TPSA) is 79.4 Å². The quantitative estimate of drug-likeness (QED) is 0.891. The molecule has 1 saturated heterocycles. The summed E-state index contributed by atoms with van der Waals surface area (Å²) in [7, 11) is -3.13. The number of hydrogen-bond donors (Lipinski definition) is 1. The molecule has 0 bridgehead atoms. The highest BCUT2D eigenvalue weighted by Gasteiger charge is 2.41. The van der Waals surface area contributed by atoms with Gasteiger partial charge in [0.05, 0.1) is 11.4 Å². The molecule has 0 unspecified atom stereocenters. The third-order valence-electron chi connectivity index (χ3n) is 4.05. The van der Waals surface area contributed by atoms with Gasteiger partial charge in [-0.2, -0.15) is 0 Å². The second kappa shape index (κ2) is 5.92. The van der Waals surface area contributed by atoms with E-state index in [1.165, 1.54) is 16.4 Å². The molecule has 1 aliphatic heterocycles. The number of halogens is 1. The Balaban J connectivity index is 1.53. The third-order valence-corrected chi connectivity index (χ3v) is 6.45. The van der Waals surface area contributed by atoms with Crippen LogP contribution in [0.1, 0.15) is 36.2 Å². The molecule has 0 radical (unpaired) electrons. The number of nitrogens with zero attached hydrogens (tertiary/aromatic N) is 2. The minimum absolute atomic E-state index is 0.0787. The van der Waals surface area contributed by atoms with E-state index in [4.69, 9.17) is 0 Å². The van der Waals surface area contributed by atoms with Crippen molar-refractivity contribution in [2.45, 2.75) is 37.0 Å². The van der Waals surface area contributed by atoms with Crippen LogP contribution in [0, 0.1) is 5.82 Å². The molecule has 3 rings (SSSR count). The zero-order valence-corrected chi connectivity index (χ0v) is 12.9. The van der Waals surface area contributed by atoms with E-state index in [1.807, 2.05) is 0 Å². The van der Waals surface area contributed by atoms with Crippen molar-refractivity contribution >= 4 is 15.9 Å². The molecule has 0 aromatic carbocycles. The van der Waals surface area contributed by atoms with E-state index >= 15 is 0 Å². The molecule has 2 heterocycles. The van der Waals surface area contributed by atoms with Crippen LogP contribution in [0.4, 0.5) is 4.39 Å². The average Bonchev–Trinajstić information content (AvgIpc) is 3.33. The summed E-state index contributed by atoms with van der Waals surface area (Å²) < 4.78 is 38.6. The highest BCUT2D eigenvalue weighted by atomic mass is 32.2. The van der Waals surface area contributed by atoms with Crippen molar-refractivity contribution in [3.63, 3.8) is 0 Å². The van der Waals surface area contributed by atoms with Crippen LogP contribution in [0.15, 0.2) is 18.3 Å². The van der Waals surface area contributed by atoms with E-state index in [-0.39, 0.29) is 22.9 Å². The summed E-state index contributed by atoms with van der Waals surface area (Å²) in [6.45, 7) is 0.862. The highest BCUT2D eigenvalue weighted by molar-refractivity contribution is 7.90. The predicted octanol–water partition coefficient (Wildman–Crippen LogP) is 0.907. The van der Waals surface area contributed by atoms with Gasteiger partial charge >= 0.3 is 0 Å². The lowest BCUT2D eigenvalue weighted by Crippen LogP contribution is -2.47. The van der Waals surface area contributed by atoms with Gasteiger partial charge in [-0.15, -0.1) is 0 Å². The molecule has 2 fully saturated rings. The molecule has 1 amide bonds. The number of piperidine rings is 1. The molecule has 6 nitrogen and oxygen atoms in total. The van der Waals surface area contributed by atoms with Gasteiger partial charge in [0.15, 0.2) is 0 Å². The number of pyridine rings is 1. The standard InChI is InChI=1S/C14H18FN3O3S/c15-10-1-4-13(16-9-10)14(19)17-11-5-7-18(8-6-11)22(20,21)12-2-3-12/h1,4,9,11-12H,2-3,5-8H2,(H,17,19). The smallest absolute Gasteiger partial charge is 0.270 e. The van der Waals surface area contributed by atoms with E-state index in [9.17, 15) is 17.6 Å². The van der Waals surface area contributed by atoms with Crippen LogP contribution in [0.2, 0.25) is 0 Å². The number of rotatable bonds is 4. The fourth-order valence-corrected chi connectivity index (χ4v) is 4.47. The van der Waals surface area contributed by atoms with Crippen molar-refractivity contribution in [2.24, 2.45) is 0 Å². The van der Waals surface area contributed by atoms with Gasteiger partial charge < -0.3 is 5.32 Å². The molecule has 1 saturated carbocycles. The Morgan fingerprint density at radius 1 is 1.23 bits per heavy atom. The van der Waals surface area contributed by atoms with Gasteiger partial charge in [-0.3, -0.25) is 4.79 Å². The Hall–Kier alpha value is -1.54. The Kier molecular flexibility index (Phi) is 4.14. The molecular formula is C14H18FN3O3S. The average molecular weight is 327 g/mol. The van der Waals surface area contributed by atoms with Crippen molar-refractivity contribution in [3.8, 4) is 0 Å². The lowest BCUT2D eigenvalue weighted by molar-refractivity contribution is 0.0918. The molecule has 120 valence electrons. The van der Waals surface area contributed by atoms with Crippen molar-refractivity contribution in [3.05, 3.63) is 29.8 Å². The fourth-order valence-electron chi connectivity index (χ4n) is 2.60. The normalized spacial score (nSPS) is 20.8. The SMILES string of the molecule is O=C(NC1CCN(S(=O)(=O)C2CC2)CC1)c1ccc(F)cn1. The number of carbonyl (C=O) groups is 1. The molecule has 2 aliphatic rings. The minimum atomic E-state index is -3.13. The van der Waals surface area contributed by atoms with E-state index in [0.29, 0.717) is 25.9 Å². The summed E-state index contributed by atoms with van der Waals surface area (Å²) in [5.41, 5.74) is 0.162. The van der Waals surface area contributed by atoms with Gasteiger partial charge in [-0.25, -0.2) is 22.1 Å². The molecule has 1 aromatic rings. The van der Waals surface area contributed by atoms with Gasteiger partial charge in [0.2, 0.25) is 10.0 Å². The summed E-state index contributed by atoms with van der Waals surface area (Å²) in [5.74, 6) is -0.848. The maximum Gasteiger partial charge on any atom is 0.270 e. The minimum Gasteiger partial charge on any atom is -0.348 e. The predicted molar refractivity (Wildman–Crippen MR) is 78.2 cm³/mol. The molecule has 1 N–H and O–H groups in total. The van der Waals surface area contributed by atoms with Crippen LogP contribution >= 0.6 is 0 Å². The third kappa shape index (κ3) is 3.27. The monoisotopic (exact) mass is 327 g/mol. The highest BCUT2D eigenvalue weighted by Crippen LogP contribution is 2.32. The molecule has 22 heavy (non-hydrogen) atoms. The first-order valence-electron chi connectivity index (χ1n) is 7.38. The second-order valence-corrected chi connectivity index (χ2v) is 7.97. The number of carbonyl (C=O) groups excluding carboxylic acids is 1. The molecule has 8 heteroatoms. The fraction of sp³-hybridized carbons (Fsp3) is 0.571. The van der Waals surface area contributed by atoms with E-state index in [2.05, 4.69) is 10.3 Å². The number of hydrogen-bond acceptors (Lipinski definition) is 4. The van der Waals surface area contributed by atoms with Crippen molar-refractivity contribution < 1.29 is 17.6 Å². The zero-order valence-electron chi connectivity index (χ0n) is 12.0. The maximum absolute atomic E-state index is 12.8. The summed E-state index contributed by atoms with van der Waals surface area (Å²) in [4.78, 5) is 15.7.